The maximum absolute atomic E-state index is 13.1. The molecule has 0 saturated carbocycles. The zero-order chi connectivity index (χ0) is 22.1. The molecule has 0 N–H and O–H groups in total. The minimum atomic E-state index is -0.178. The average molecular weight is 452 g/mol. The highest BCUT2D eigenvalue weighted by Crippen LogP contribution is 2.27. The molecule has 1 unspecified atom stereocenters. The molecular formula is C23H22ClN5O3. The summed E-state index contributed by atoms with van der Waals surface area (Å²) in [5.41, 5.74) is 2.64. The number of piperazine rings is 1. The Bertz CT molecular complexity index is 1140. The van der Waals surface area contributed by atoms with Crippen molar-refractivity contribution in [3.63, 3.8) is 0 Å². The smallest absolute Gasteiger partial charge is 0.276 e. The number of fused-ring (bicyclic) bond motifs is 1. The highest BCUT2D eigenvalue weighted by atomic mass is 35.5. The summed E-state index contributed by atoms with van der Waals surface area (Å²) in [5, 5.41) is 8.89. The third-order valence-electron chi connectivity index (χ3n) is 5.90. The van der Waals surface area contributed by atoms with Gasteiger partial charge >= 0.3 is 0 Å². The highest BCUT2D eigenvalue weighted by molar-refractivity contribution is 6.30. The summed E-state index contributed by atoms with van der Waals surface area (Å²) in [7, 11) is 0. The van der Waals surface area contributed by atoms with Crippen LogP contribution in [0.4, 0.5) is 0 Å². The van der Waals surface area contributed by atoms with Crippen molar-refractivity contribution in [3.8, 4) is 0 Å². The van der Waals surface area contributed by atoms with Gasteiger partial charge in [0.05, 0.1) is 18.8 Å². The Labute approximate surface area is 190 Å². The summed E-state index contributed by atoms with van der Waals surface area (Å²) in [4.78, 5) is 29.3. The van der Waals surface area contributed by atoms with E-state index in [4.69, 9.17) is 16.3 Å². The minimum absolute atomic E-state index is 0.0824. The average Bonchev–Trinajstić information content (AvgIpc) is 3.27. The van der Waals surface area contributed by atoms with E-state index in [0.717, 1.165) is 5.56 Å². The number of carbonyl (C=O) groups is 2. The van der Waals surface area contributed by atoms with Crippen molar-refractivity contribution in [2.75, 3.05) is 26.2 Å². The van der Waals surface area contributed by atoms with Crippen molar-refractivity contribution < 1.29 is 14.3 Å². The lowest BCUT2D eigenvalue weighted by Crippen LogP contribution is -2.50. The van der Waals surface area contributed by atoms with Gasteiger partial charge in [0.15, 0.2) is 5.69 Å². The van der Waals surface area contributed by atoms with Gasteiger partial charge in [-0.1, -0.05) is 53.2 Å². The fourth-order valence-corrected chi connectivity index (χ4v) is 4.30. The van der Waals surface area contributed by atoms with Crippen LogP contribution in [0.15, 0.2) is 54.6 Å². The van der Waals surface area contributed by atoms with E-state index in [2.05, 4.69) is 10.3 Å². The normalized spacial score (nSPS) is 18.3. The van der Waals surface area contributed by atoms with Crippen LogP contribution in [-0.2, 0) is 17.9 Å². The number of amides is 2. The van der Waals surface area contributed by atoms with Gasteiger partial charge in [-0.15, -0.1) is 5.10 Å². The van der Waals surface area contributed by atoms with Crippen molar-refractivity contribution in [3.05, 3.63) is 82.1 Å². The molecule has 0 spiro atoms. The summed E-state index contributed by atoms with van der Waals surface area (Å²) in [6.07, 6.45) is -0.116. The monoisotopic (exact) mass is 451 g/mol. The molecule has 0 aliphatic carbocycles. The van der Waals surface area contributed by atoms with Gasteiger partial charge in [0, 0.05) is 36.8 Å². The molecule has 1 fully saturated rings. The zero-order valence-electron chi connectivity index (χ0n) is 17.4. The molecule has 2 amide bonds. The molecule has 9 heteroatoms. The number of nitrogens with zero attached hydrogens (tertiary/aromatic N) is 5. The van der Waals surface area contributed by atoms with Crippen LogP contribution in [0, 0.1) is 0 Å². The van der Waals surface area contributed by atoms with Crippen LogP contribution in [0.5, 0.6) is 0 Å². The first-order valence-corrected chi connectivity index (χ1v) is 10.9. The number of rotatable bonds is 3. The number of aromatic nitrogens is 3. The van der Waals surface area contributed by atoms with Gasteiger partial charge in [0.25, 0.3) is 11.8 Å². The first kappa shape index (κ1) is 20.7. The zero-order valence-corrected chi connectivity index (χ0v) is 18.1. The second-order valence-corrected chi connectivity index (χ2v) is 8.31. The van der Waals surface area contributed by atoms with Crippen LogP contribution in [0.3, 0.4) is 0 Å². The molecule has 164 valence electrons. The van der Waals surface area contributed by atoms with E-state index in [1.165, 1.54) is 0 Å². The molecule has 8 nitrogen and oxygen atoms in total. The molecule has 2 aliphatic rings. The molecule has 5 rings (SSSR count). The molecule has 2 aliphatic heterocycles. The van der Waals surface area contributed by atoms with Crippen LogP contribution in [0.2, 0.25) is 5.02 Å². The molecular weight excluding hydrogens is 430 g/mol. The maximum Gasteiger partial charge on any atom is 0.276 e. The largest absolute Gasteiger partial charge is 0.365 e. The predicted molar refractivity (Wildman–Crippen MR) is 117 cm³/mol. The van der Waals surface area contributed by atoms with Gasteiger partial charge < -0.3 is 14.5 Å². The summed E-state index contributed by atoms with van der Waals surface area (Å²) in [5.74, 6) is -0.260. The van der Waals surface area contributed by atoms with Crippen LogP contribution in [0.25, 0.3) is 0 Å². The molecule has 1 aromatic heterocycles. The summed E-state index contributed by atoms with van der Waals surface area (Å²) in [6, 6.07) is 16.8. The van der Waals surface area contributed by atoms with Gasteiger partial charge in [0.2, 0.25) is 0 Å². The Hall–Kier alpha value is -3.23. The Kier molecular flexibility index (Phi) is 5.63. The molecule has 0 bridgehead atoms. The van der Waals surface area contributed by atoms with E-state index in [-0.39, 0.29) is 24.5 Å². The molecule has 1 atom stereocenters. The summed E-state index contributed by atoms with van der Waals surface area (Å²) >= 11 is 6.00. The van der Waals surface area contributed by atoms with Crippen LogP contribution in [-0.4, -0.2) is 62.8 Å². The van der Waals surface area contributed by atoms with E-state index in [1.54, 1.807) is 38.7 Å². The molecule has 32 heavy (non-hydrogen) atoms. The number of ether oxygens (including phenoxy) is 1. The first-order chi connectivity index (χ1) is 15.6. The van der Waals surface area contributed by atoms with E-state index in [9.17, 15) is 9.59 Å². The van der Waals surface area contributed by atoms with E-state index < -0.39 is 0 Å². The van der Waals surface area contributed by atoms with Gasteiger partial charge in [0.1, 0.15) is 6.10 Å². The van der Waals surface area contributed by atoms with Crippen molar-refractivity contribution in [2.24, 2.45) is 0 Å². The van der Waals surface area contributed by atoms with E-state index >= 15 is 0 Å². The third-order valence-corrected chi connectivity index (χ3v) is 6.13. The van der Waals surface area contributed by atoms with Crippen LogP contribution >= 0.6 is 11.6 Å². The number of carbonyl (C=O) groups excluding carboxylic acids is 2. The van der Waals surface area contributed by atoms with E-state index in [0.29, 0.717) is 54.7 Å². The second kappa shape index (κ2) is 8.72. The number of hydrogen-bond donors (Lipinski definition) is 0. The van der Waals surface area contributed by atoms with Crippen LogP contribution < -0.4 is 0 Å². The Morgan fingerprint density at radius 2 is 1.66 bits per heavy atom. The second-order valence-electron chi connectivity index (χ2n) is 7.87. The topological polar surface area (TPSA) is 80.6 Å². The first-order valence-electron chi connectivity index (χ1n) is 10.5. The quantitative estimate of drug-likeness (QED) is 0.611. The number of halogens is 1. The van der Waals surface area contributed by atoms with Gasteiger partial charge in [-0.05, 0) is 23.8 Å². The predicted octanol–water partition coefficient (Wildman–Crippen LogP) is 2.80. The van der Waals surface area contributed by atoms with Crippen molar-refractivity contribution in [2.45, 2.75) is 19.3 Å². The van der Waals surface area contributed by atoms with Crippen molar-refractivity contribution in [1.29, 1.82) is 0 Å². The minimum Gasteiger partial charge on any atom is -0.365 e. The highest BCUT2D eigenvalue weighted by Gasteiger charge is 2.32. The molecule has 0 radical (unpaired) electrons. The summed E-state index contributed by atoms with van der Waals surface area (Å²) in [6.45, 7) is 2.57. The fraction of sp³-hybridized carbons (Fsp3) is 0.304. The lowest BCUT2D eigenvalue weighted by molar-refractivity contribution is -0.00202. The SMILES string of the molecule is O=C(c1cccc(Cl)c1)N1CCN(C(=O)c2nnn3c2COC(c2ccccc2)C3)CC1. The Morgan fingerprint density at radius 3 is 2.38 bits per heavy atom. The third kappa shape index (κ3) is 3.99. The number of benzene rings is 2. The lowest BCUT2D eigenvalue weighted by Gasteiger charge is -2.34. The lowest BCUT2D eigenvalue weighted by atomic mass is 10.1. The van der Waals surface area contributed by atoms with Gasteiger partial charge in [-0.25, -0.2) is 4.68 Å². The van der Waals surface area contributed by atoms with Crippen molar-refractivity contribution in [1.82, 2.24) is 24.8 Å². The maximum atomic E-state index is 13.1. The molecule has 3 aromatic rings. The van der Waals surface area contributed by atoms with E-state index in [1.807, 2.05) is 30.3 Å². The summed E-state index contributed by atoms with van der Waals surface area (Å²) < 4.78 is 7.76. The van der Waals surface area contributed by atoms with Crippen molar-refractivity contribution >= 4 is 23.4 Å². The molecule has 1 saturated heterocycles. The fourth-order valence-electron chi connectivity index (χ4n) is 4.11. The molecule has 3 heterocycles. The van der Waals surface area contributed by atoms with Crippen LogP contribution in [0.1, 0.15) is 38.2 Å². The standard InChI is InChI=1S/C23H22ClN5O3/c24-18-8-4-7-17(13-18)22(30)27-9-11-28(12-10-27)23(31)21-19-15-32-20(14-29(19)26-25-21)16-5-2-1-3-6-16/h1-8,13,20H,9-12,14-15H2. The van der Waals surface area contributed by atoms with Gasteiger partial charge in [-0.3, -0.25) is 9.59 Å². The molecule has 2 aromatic carbocycles. The Morgan fingerprint density at radius 1 is 0.938 bits per heavy atom. The Balaban J connectivity index is 1.23. The van der Waals surface area contributed by atoms with Gasteiger partial charge in [-0.2, -0.15) is 0 Å². The number of hydrogen-bond acceptors (Lipinski definition) is 5.